The zero-order valence-corrected chi connectivity index (χ0v) is 30.2. The molecule has 0 bridgehead atoms. The van der Waals surface area contributed by atoms with E-state index in [9.17, 15) is 0 Å². The SMILES string of the molecule is CC1(C)c2ccccc2-c2cc(-c3c4ccccc4c(/C=C/c4ccccc4)c4ccc(-c5ccc6c(c5)C(C)(C)c5ccccc5-6)cc34)ccc21. The maximum absolute atomic E-state index is 2.46. The first-order chi connectivity index (χ1) is 25.3. The zero-order valence-electron chi connectivity index (χ0n) is 30.2. The van der Waals surface area contributed by atoms with E-state index in [-0.39, 0.29) is 10.8 Å². The molecule has 0 saturated carbocycles. The van der Waals surface area contributed by atoms with Crippen LogP contribution < -0.4 is 0 Å². The van der Waals surface area contributed by atoms with E-state index >= 15 is 0 Å². The summed E-state index contributed by atoms with van der Waals surface area (Å²) in [7, 11) is 0. The van der Waals surface area contributed by atoms with Crippen LogP contribution in [0, 0.1) is 0 Å². The molecule has 0 aliphatic heterocycles. The van der Waals surface area contributed by atoms with Crippen LogP contribution in [0.25, 0.3) is 78.2 Å². The molecule has 0 unspecified atom stereocenters. The molecule has 0 N–H and O–H groups in total. The molecule has 2 aliphatic carbocycles. The van der Waals surface area contributed by atoms with Crippen LogP contribution in [0.15, 0.2) is 158 Å². The highest BCUT2D eigenvalue weighted by molar-refractivity contribution is 6.19. The average Bonchev–Trinajstić information content (AvgIpc) is 3.55. The third-order valence-electron chi connectivity index (χ3n) is 12.1. The van der Waals surface area contributed by atoms with Crippen LogP contribution in [-0.2, 0) is 10.8 Å². The van der Waals surface area contributed by atoms with E-state index in [2.05, 4.69) is 198 Å². The first-order valence-electron chi connectivity index (χ1n) is 18.5. The average molecular weight is 665 g/mol. The van der Waals surface area contributed by atoms with Crippen molar-refractivity contribution in [3.63, 3.8) is 0 Å². The first kappa shape index (κ1) is 30.8. The van der Waals surface area contributed by atoms with Crippen LogP contribution in [-0.4, -0.2) is 0 Å². The highest BCUT2D eigenvalue weighted by atomic mass is 14.4. The van der Waals surface area contributed by atoms with Gasteiger partial charge in [-0.05, 0) is 118 Å². The molecule has 0 nitrogen and oxygen atoms in total. The van der Waals surface area contributed by atoms with Crippen molar-refractivity contribution in [1.82, 2.24) is 0 Å². The van der Waals surface area contributed by atoms with Gasteiger partial charge in [0.2, 0.25) is 0 Å². The minimum Gasteiger partial charge on any atom is -0.0622 e. The molecule has 2 aliphatic rings. The molecule has 0 aromatic heterocycles. The lowest BCUT2D eigenvalue weighted by molar-refractivity contribution is 0.660. The molecule has 0 radical (unpaired) electrons. The number of rotatable bonds is 4. The fraction of sp³-hybridized carbons (Fsp3) is 0.115. The summed E-state index contributed by atoms with van der Waals surface area (Å²) in [6, 6.07) is 59.0. The van der Waals surface area contributed by atoms with Crippen molar-refractivity contribution < 1.29 is 0 Å². The molecular formula is C52H40. The van der Waals surface area contributed by atoms with Crippen molar-refractivity contribution in [3.8, 4) is 44.5 Å². The summed E-state index contributed by atoms with van der Waals surface area (Å²) < 4.78 is 0. The Kier molecular flexibility index (Phi) is 6.67. The normalized spacial score (nSPS) is 14.8. The molecule has 0 fully saturated rings. The van der Waals surface area contributed by atoms with Gasteiger partial charge in [0, 0.05) is 10.8 Å². The van der Waals surface area contributed by atoms with Crippen LogP contribution in [0.3, 0.4) is 0 Å². The van der Waals surface area contributed by atoms with Crippen LogP contribution in [0.4, 0.5) is 0 Å². The van der Waals surface area contributed by atoms with E-state index in [1.165, 1.54) is 99.4 Å². The largest absolute Gasteiger partial charge is 0.0622 e. The van der Waals surface area contributed by atoms with E-state index in [0.29, 0.717) is 0 Å². The van der Waals surface area contributed by atoms with Crippen molar-refractivity contribution in [1.29, 1.82) is 0 Å². The molecule has 0 spiro atoms. The van der Waals surface area contributed by atoms with Gasteiger partial charge in [-0.15, -0.1) is 0 Å². The van der Waals surface area contributed by atoms with Crippen molar-refractivity contribution in [2.75, 3.05) is 0 Å². The van der Waals surface area contributed by atoms with Crippen molar-refractivity contribution >= 4 is 33.7 Å². The van der Waals surface area contributed by atoms with E-state index in [1.807, 2.05) is 0 Å². The number of hydrogen-bond donors (Lipinski definition) is 0. The Morgan fingerprint density at radius 3 is 1.65 bits per heavy atom. The Bertz CT molecular complexity index is 2770. The Morgan fingerprint density at radius 1 is 0.346 bits per heavy atom. The summed E-state index contributed by atoms with van der Waals surface area (Å²) in [5.41, 5.74) is 18.4. The predicted octanol–water partition coefficient (Wildman–Crippen LogP) is 14.1. The molecular weight excluding hydrogens is 625 g/mol. The van der Waals surface area contributed by atoms with Gasteiger partial charge in [0.25, 0.3) is 0 Å². The monoisotopic (exact) mass is 664 g/mol. The van der Waals surface area contributed by atoms with Crippen LogP contribution in [0.1, 0.15) is 61.1 Å². The maximum atomic E-state index is 2.46. The number of fused-ring (bicyclic) bond motifs is 8. The minimum atomic E-state index is -0.0516. The number of hydrogen-bond acceptors (Lipinski definition) is 0. The zero-order chi connectivity index (χ0) is 35.2. The quantitative estimate of drug-likeness (QED) is 0.130. The number of benzene rings is 8. The van der Waals surface area contributed by atoms with Gasteiger partial charge >= 0.3 is 0 Å². The summed E-state index contributed by atoms with van der Waals surface area (Å²) in [4.78, 5) is 0. The van der Waals surface area contributed by atoms with E-state index in [1.54, 1.807) is 0 Å². The van der Waals surface area contributed by atoms with Gasteiger partial charge in [0.1, 0.15) is 0 Å². The van der Waals surface area contributed by atoms with Gasteiger partial charge in [-0.2, -0.15) is 0 Å². The second-order valence-corrected chi connectivity index (χ2v) is 15.7. The van der Waals surface area contributed by atoms with Gasteiger partial charge in [-0.3, -0.25) is 0 Å². The molecule has 8 aromatic rings. The third kappa shape index (κ3) is 4.47. The Morgan fingerprint density at radius 2 is 0.885 bits per heavy atom. The molecule has 248 valence electrons. The van der Waals surface area contributed by atoms with E-state index in [4.69, 9.17) is 0 Å². The van der Waals surface area contributed by atoms with Gasteiger partial charge in [-0.1, -0.05) is 179 Å². The molecule has 10 rings (SSSR count). The van der Waals surface area contributed by atoms with E-state index in [0.717, 1.165) is 0 Å². The predicted molar refractivity (Wildman–Crippen MR) is 223 cm³/mol. The summed E-state index contributed by atoms with van der Waals surface area (Å²) in [5, 5.41) is 5.08. The molecule has 0 amide bonds. The molecule has 52 heavy (non-hydrogen) atoms. The lowest BCUT2D eigenvalue weighted by Crippen LogP contribution is -2.14. The molecule has 0 atom stereocenters. The van der Waals surface area contributed by atoms with Gasteiger partial charge in [0.05, 0.1) is 0 Å². The first-order valence-corrected chi connectivity index (χ1v) is 18.5. The van der Waals surface area contributed by atoms with Gasteiger partial charge in [-0.25, -0.2) is 0 Å². The fourth-order valence-electron chi connectivity index (χ4n) is 9.39. The lowest BCUT2D eigenvalue weighted by atomic mass is 9.81. The van der Waals surface area contributed by atoms with Crippen LogP contribution in [0.2, 0.25) is 0 Å². The van der Waals surface area contributed by atoms with E-state index < -0.39 is 0 Å². The van der Waals surface area contributed by atoms with Gasteiger partial charge in [0.15, 0.2) is 0 Å². The van der Waals surface area contributed by atoms with Crippen molar-refractivity contribution in [2.24, 2.45) is 0 Å². The fourth-order valence-corrected chi connectivity index (χ4v) is 9.39. The molecule has 0 saturated heterocycles. The smallest absolute Gasteiger partial charge is 0.0159 e. The summed E-state index contributed by atoms with van der Waals surface area (Å²) in [6.45, 7) is 9.45. The Hall–Kier alpha value is -5.98. The molecule has 8 aromatic carbocycles. The third-order valence-corrected chi connectivity index (χ3v) is 12.1. The summed E-state index contributed by atoms with van der Waals surface area (Å²) >= 11 is 0. The highest BCUT2D eigenvalue weighted by Gasteiger charge is 2.36. The van der Waals surface area contributed by atoms with Gasteiger partial charge < -0.3 is 0 Å². The summed E-state index contributed by atoms with van der Waals surface area (Å²) in [5.74, 6) is 0. The van der Waals surface area contributed by atoms with Crippen LogP contribution >= 0.6 is 0 Å². The molecule has 0 heteroatoms. The maximum Gasteiger partial charge on any atom is 0.0159 e. The second kappa shape index (κ2) is 11.3. The topological polar surface area (TPSA) is 0 Å². The second-order valence-electron chi connectivity index (χ2n) is 15.7. The highest BCUT2D eigenvalue weighted by Crippen LogP contribution is 2.52. The minimum absolute atomic E-state index is 0.0329. The van der Waals surface area contributed by atoms with Crippen molar-refractivity contribution in [2.45, 2.75) is 38.5 Å². The molecule has 0 heterocycles. The summed E-state index contributed by atoms with van der Waals surface area (Å²) in [6.07, 6.45) is 4.57. The standard InChI is InChI=1S/C52H40/c1-51(2)47-21-13-11-18-41(47)44-31-36(25-29-48(44)51)50-43-19-9-8-16-37(43)38(26-22-33-14-6-5-7-15-33)39-27-23-34(30-45(39)50)35-24-28-42-40-17-10-12-20-46(40)52(3,4)49(42)32-35/h5-32H,1-4H3/b26-22+. The lowest BCUT2D eigenvalue weighted by Gasteiger charge is -2.22. The van der Waals surface area contributed by atoms with Crippen molar-refractivity contribution in [3.05, 3.63) is 191 Å². The Balaban J connectivity index is 1.23. The van der Waals surface area contributed by atoms with Crippen LogP contribution in [0.5, 0.6) is 0 Å². The Labute approximate surface area is 306 Å².